The van der Waals surface area contributed by atoms with Gasteiger partial charge in [0.2, 0.25) is 10.0 Å². The summed E-state index contributed by atoms with van der Waals surface area (Å²) in [6.45, 7) is 2.43. The predicted octanol–water partition coefficient (Wildman–Crippen LogP) is 2.65. The molecule has 0 radical (unpaired) electrons. The van der Waals surface area contributed by atoms with Crippen molar-refractivity contribution >= 4 is 10.0 Å². The minimum atomic E-state index is -3.28. The van der Waals surface area contributed by atoms with Crippen molar-refractivity contribution in [1.29, 1.82) is 5.26 Å². The average Bonchev–Trinajstić information content (AvgIpc) is 2.93. The molecule has 2 rings (SSSR count). The average molecular weight is 292 g/mol. The van der Waals surface area contributed by atoms with Gasteiger partial charge in [-0.2, -0.15) is 9.57 Å². The molecule has 108 valence electrons. The third-order valence-corrected chi connectivity index (χ3v) is 5.80. The zero-order valence-corrected chi connectivity index (χ0v) is 12.6. The minimum Gasteiger partial charge on any atom is -0.212 e. The summed E-state index contributed by atoms with van der Waals surface area (Å²) in [5, 5.41) is 8.75. The molecule has 0 spiro atoms. The normalized spacial score (nSPS) is 16.4. The van der Waals surface area contributed by atoms with Crippen LogP contribution in [-0.4, -0.2) is 25.3 Å². The Morgan fingerprint density at radius 2 is 1.85 bits per heavy atom. The van der Waals surface area contributed by atoms with Crippen LogP contribution in [0, 0.1) is 11.3 Å². The molecular formula is C15H20N2O2S. The second-order valence-corrected chi connectivity index (χ2v) is 7.13. The maximum Gasteiger partial charge on any atom is 0.218 e. The molecule has 1 aliphatic carbocycles. The van der Waals surface area contributed by atoms with E-state index in [4.69, 9.17) is 5.26 Å². The lowest BCUT2D eigenvalue weighted by atomic mass is 10.2. The van der Waals surface area contributed by atoms with Gasteiger partial charge in [0, 0.05) is 12.6 Å². The standard InChI is InChI=1S/C15H20N2O2S/c1-2-17(15-5-3-4-6-15)20(18,19)12-14-9-7-13(11-16)8-10-14/h7-10,15H,2-6,12H2,1H3. The van der Waals surface area contributed by atoms with Gasteiger partial charge in [0.15, 0.2) is 0 Å². The van der Waals surface area contributed by atoms with E-state index in [0.29, 0.717) is 12.1 Å². The van der Waals surface area contributed by atoms with Crippen LogP contribution in [0.5, 0.6) is 0 Å². The molecule has 0 atom stereocenters. The van der Waals surface area contributed by atoms with Crippen molar-refractivity contribution in [3.8, 4) is 6.07 Å². The third kappa shape index (κ3) is 3.38. The highest BCUT2D eigenvalue weighted by molar-refractivity contribution is 7.88. The number of hydrogen-bond acceptors (Lipinski definition) is 3. The molecule has 0 aromatic heterocycles. The van der Waals surface area contributed by atoms with Crippen LogP contribution in [0.1, 0.15) is 43.7 Å². The van der Waals surface area contributed by atoms with Crippen molar-refractivity contribution in [2.75, 3.05) is 6.54 Å². The van der Waals surface area contributed by atoms with Crippen LogP contribution in [0.2, 0.25) is 0 Å². The van der Waals surface area contributed by atoms with Crippen LogP contribution < -0.4 is 0 Å². The number of sulfonamides is 1. The molecule has 0 bridgehead atoms. The summed E-state index contributed by atoms with van der Waals surface area (Å²) < 4.78 is 26.7. The Balaban J connectivity index is 2.14. The van der Waals surface area contributed by atoms with Gasteiger partial charge in [-0.25, -0.2) is 8.42 Å². The van der Waals surface area contributed by atoms with Gasteiger partial charge in [0.05, 0.1) is 17.4 Å². The Morgan fingerprint density at radius 1 is 1.25 bits per heavy atom. The summed E-state index contributed by atoms with van der Waals surface area (Å²) in [5.41, 5.74) is 1.29. The minimum absolute atomic E-state index is 0.0169. The molecule has 4 nitrogen and oxygen atoms in total. The van der Waals surface area contributed by atoms with Crippen LogP contribution in [0.3, 0.4) is 0 Å². The van der Waals surface area contributed by atoms with E-state index in [1.807, 2.05) is 13.0 Å². The molecule has 0 amide bonds. The van der Waals surface area contributed by atoms with Gasteiger partial charge in [-0.15, -0.1) is 0 Å². The van der Waals surface area contributed by atoms with Crippen LogP contribution in [0.4, 0.5) is 0 Å². The quantitative estimate of drug-likeness (QED) is 0.838. The molecule has 0 saturated heterocycles. The van der Waals surface area contributed by atoms with Crippen molar-refractivity contribution in [3.05, 3.63) is 35.4 Å². The van der Waals surface area contributed by atoms with Crippen molar-refractivity contribution in [2.45, 2.75) is 44.4 Å². The summed E-state index contributed by atoms with van der Waals surface area (Å²) in [4.78, 5) is 0. The number of benzene rings is 1. The molecule has 0 heterocycles. The van der Waals surface area contributed by atoms with E-state index in [-0.39, 0.29) is 11.8 Å². The number of nitriles is 1. The monoisotopic (exact) mass is 292 g/mol. The van der Waals surface area contributed by atoms with Gasteiger partial charge in [-0.05, 0) is 30.5 Å². The van der Waals surface area contributed by atoms with Crippen molar-refractivity contribution in [2.24, 2.45) is 0 Å². The Bertz CT molecular complexity index is 581. The Hall–Kier alpha value is -1.38. The zero-order valence-electron chi connectivity index (χ0n) is 11.7. The Labute approximate surface area is 121 Å². The van der Waals surface area contributed by atoms with E-state index in [1.165, 1.54) is 0 Å². The van der Waals surface area contributed by atoms with Crippen LogP contribution >= 0.6 is 0 Å². The molecule has 1 aromatic rings. The number of rotatable bonds is 5. The van der Waals surface area contributed by atoms with Gasteiger partial charge in [-0.1, -0.05) is 31.9 Å². The van der Waals surface area contributed by atoms with Crippen LogP contribution in [0.15, 0.2) is 24.3 Å². The van der Waals surface area contributed by atoms with Gasteiger partial charge in [0.1, 0.15) is 0 Å². The highest BCUT2D eigenvalue weighted by atomic mass is 32.2. The highest BCUT2D eigenvalue weighted by Gasteiger charge is 2.30. The lowest BCUT2D eigenvalue weighted by Gasteiger charge is -2.26. The Morgan fingerprint density at radius 3 is 2.35 bits per heavy atom. The largest absolute Gasteiger partial charge is 0.218 e. The second-order valence-electron chi connectivity index (χ2n) is 5.21. The molecule has 20 heavy (non-hydrogen) atoms. The van der Waals surface area contributed by atoms with E-state index in [9.17, 15) is 8.42 Å². The van der Waals surface area contributed by atoms with Gasteiger partial charge < -0.3 is 0 Å². The first-order valence-corrected chi connectivity index (χ1v) is 8.66. The van der Waals surface area contributed by atoms with E-state index in [2.05, 4.69) is 0 Å². The highest BCUT2D eigenvalue weighted by Crippen LogP contribution is 2.26. The molecule has 1 aromatic carbocycles. The lowest BCUT2D eigenvalue weighted by molar-refractivity contribution is 0.335. The summed E-state index contributed by atoms with van der Waals surface area (Å²) >= 11 is 0. The Kier molecular flexibility index (Phi) is 4.79. The van der Waals surface area contributed by atoms with Gasteiger partial charge >= 0.3 is 0 Å². The second kappa shape index (κ2) is 6.38. The van der Waals surface area contributed by atoms with Crippen LogP contribution in [-0.2, 0) is 15.8 Å². The van der Waals surface area contributed by atoms with Gasteiger partial charge in [0.25, 0.3) is 0 Å². The SMILES string of the molecule is CCN(C1CCCC1)S(=O)(=O)Cc1ccc(C#N)cc1. The zero-order chi connectivity index (χ0) is 14.6. The smallest absolute Gasteiger partial charge is 0.212 e. The van der Waals surface area contributed by atoms with E-state index in [1.54, 1.807) is 28.6 Å². The fourth-order valence-corrected chi connectivity index (χ4v) is 4.68. The van der Waals surface area contributed by atoms with E-state index >= 15 is 0 Å². The molecule has 1 saturated carbocycles. The topological polar surface area (TPSA) is 61.2 Å². The lowest BCUT2D eigenvalue weighted by Crippen LogP contribution is -2.39. The van der Waals surface area contributed by atoms with E-state index in [0.717, 1.165) is 31.2 Å². The molecule has 1 fully saturated rings. The summed E-state index contributed by atoms with van der Waals surface area (Å²) in [5.74, 6) is 0.0169. The van der Waals surface area contributed by atoms with Crippen LogP contribution in [0.25, 0.3) is 0 Å². The summed E-state index contributed by atoms with van der Waals surface area (Å²) in [6, 6.07) is 8.97. The van der Waals surface area contributed by atoms with E-state index < -0.39 is 10.0 Å². The predicted molar refractivity (Wildman–Crippen MR) is 78.4 cm³/mol. The maximum absolute atomic E-state index is 12.5. The first kappa shape index (κ1) is 15.0. The summed E-state index contributed by atoms with van der Waals surface area (Å²) in [7, 11) is -3.28. The van der Waals surface area contributed by atoms with Crippen molar-refractivity contribution in [3.63, 3.8) is 0 Å². The fourth-order valence-electron chi connectivity index (χ4n) is 2.84. The molecule has 0 N–H and O–H groups in total. The number of hydrogen-bond donors (Lipinski definition) is 0. The molecular weight excluding hydrogens is 272 g/mol. The fraction of sp³-hybridized carbons (Fsp3) is 0.533. The first-order chi connectivity index (χ1) is 9.56. The number of nitrogens with zero attached hydrogens (tertiary/aromatic N) is 2. The molecule has 0 unspecified atom stereocenters. The first-order valence-electron chi connectivity index (χ1n) is 7.05. The maximum atomic E-state index is 12.5. The molecule has 1 aliphatic rings. The summed E-state index contributed by atoms with van der Waals surface area (Å²) in [6.07, 6.45) is 4.18. The third-order valence-electron chi connectivity index (χ3n) is 3.83. The van der Waals surface area contributed by atoms with Crippen molar-refractivity contribution in [1.82, 2.24) is 4.31 Å². The molecule has 0 aliphatic heterocycles. The van der Waals surface area contributed by atoms with Crippen molar-refractivity contribution < 1.29 is 8.42 Å². The molecule has 5 heteroatoms. The van der Waals surface area contributed by atoms with Gasteiger partial charge in [-0.3, -0.25) is 0 Å².